The molecule has 0 bridgehead atoms. The number of aryl methyl sites for hydroxylation is 2. The highest BCUT2D eigenvalue weighted by atomic mass is 32.2. The van der Waals surface area contributed by atoms with Crippen LogP contribution in [0.3, 0.4) is 0 Å². The number of rotatable bonds is 7. The minimum absolute atomic E-state index is 0.0667. The number of hydrogen-bond acceptors (Lipinski definition) is 6. The van der Waals surface area contributed by atoms with E-state index in [2.05, 4.69) is 20.5 Å². The molecule has 2 amide bonds. The molecule has 7 nitrogen and oxygen atoms in total. The lowest BCUT2D eigenvalue weighted by Crippen LogP contribution is -2.52. The van der Waals surface area contributed by atoms with Crippen molar-refractivity contribution in [3.05, 3.63) is 17.1 Å². The molecule has 2 aliphatic rings. The van der Waals surface area contributed by atoms with Crippen LogP contribution in [0.25, 0.3) is 0 Å². The predicted octanol–water partition coefficient (Wildman–Crippen LogP) is 2.01. The number of carbonyl (C=O) groups excluding carboxylic acids is 2. The summed E-state index contributed by atoms with van der Waals surface area (Å²) in [6.45, 7) is 5.19. The average molecular weight is 420 g/mol. The Bertz CT molecular complexity index is 734. The van der Waals surface area contributed by atoms with Crippen molar-refractivity contribution in [2.75, 3.05) is 30.0 Å². The van der Waals surface area contributed by atoms with Gasteiger partial charge in [-0.2, -0.15) is 11.8 Å². The van der Waals surface area contributed by atoms with E-state index in [0.717, 1.165) is 56.2 Å². The molecule has 0 spiro atoms. The van der Waals surface area contributed by atoms with Crippen LogP contribution in [0.4, 0.5) is 5.82 Å². The number of thioether (sulfide) groups is 1. The van der Waals surface area contributed by atoms with Gasteiger partial charge < -0.3 is 15.5 Å². The van der Waals surface area contributed by atoms with Crippen LogP contribution in [0.5, 0.6) is 0 Å². The van der Waals surface area contributed by atoms with Gasteiger partial charge in [0.25, 0.3) is 0 Å². The molecule has 0 radical (unpaired) electrons. The molecule has 1 atom stereocenters. The second-order valence-electron chi connectivity index (χ2n) is 8.03. The van der Waals surface area contributed by atoms with Gasteiger partial charge in [-0.3, -0.25) is 9.59 Å². The zero-order chi connectivity index (χ0) is 20.8. The minimum atomic E-state index is -0.450. The van der Waals surface area contributed by atoms with Crippen molar-refractivity contribution < 1.29 is 9.59 Å². The van der Waals surface area contributed by atoms with Crippen LogP contribution < -0.4 is 15.5 Å². The Balaban J connectivity index is 1.58. The minimum Gasteiger partial charge on any atom is -0.356 e. The van der Waals surface area contributed by atoms with Gasteiger partial charge in [-0.15, -0.1) is 0 Å². The van der Waals surface area contributed by atoms with E-state index < -0.39 is 6.04 Å². The van der Waals surface area contributed by atoms with Gasteiger partial charge in [-0.25, -0.2) is 9.97 Å². The molecule has 1 fully saturated rings. The van der Waals surface area contributed by atoms with Gasteiger partial charge >= 0.3 is 0 Å². The topological polar surface area (TPSA) is 87.2 Å². The third-order valence-electron chi connectivity index (χ3n) is 5.72. The van der Waals surface area contributed by atoms with Crippen molar-refractivity contribution in [1.29, 1.82) is 0 Å². The molecule has 3 rings (SSSR count). The third kappa shape index (κ3) is 5.84. The van der Waals surface area contributed by atoms with E-state index in [1.54, 1.807) is 11.8 Å². The monoisotopic (exact) mass is 419 g/mol. The number of carbonyl (C=O) groups is 2. The van der Waals surface area contributed by atoms with Crippen LogP contribution in [-0.2, 0) is 22.4 Å². The van der Waals surface area contributed by atoms with Crippen LogP contribution in [0, 0.1) is 6.92 Å². The Labute approximate surface area is 177 Å². The largest absolute Gasteiger partial charge is 0.356 e. The average Bonchev–Trinajstić information content (AvgIpc) is 2.70. The predicted molar refractivity (Wildman–Crippen MR) is 117 cm³/mol. The highest BCUT2D eigenvalue weighted by Gasteiger charge is 2.28. The van der Waals surface area contributed by atoms with Gasteiger partial charge in [-0.05, 0) is 63.9 Å². The molecule has 29 heavy (non-hydrogen) atoms. The Kier molecular flexibility index (Phi) is 7.75. The van der Waals surface area contributed by atoms with E-state index in [1.807, 2.05) is 13.2 Å². The zero-order valence-electron chi connectivity index (χ0n) is 17.8. The SMILES string of the molecule is CSCC[C@H](NC(C)=O)C(=O)NC1CCN(c2nc(C)nc3c2CCCC3)CC1. The normalized spacial score (nSPS) is 18.1. The van der Waals surface area contributed by atoms with Crippen molar-refractivity contribution in [3.63, 3.8) is 0 Å². The fourth-order valence-electron chi connectivity index (χ4n) is 4.24. The maximum Gasteiger partial charge on any atom is 0.242 e. The van der Waals surface area contributed by atoms with E-state index in [4.69, 9.17) is 4.98 Å². The highest BCUT2D eigenvalue weighted by molar-refractivity contribution is 7.98. The Hall–Kier alpha value is -1.83. The maximum absolute atomic E-state index is 12.7. The first kappa shape index (κ1) is 21.9. The van der Waals surface area contributed by atoms with Crippen molar-refractivity contribution >= 4 is 29.4 Å². The number of nitrogens with zero attached hydrogens (tertiary/aromatic N) is 3. The Morgan fingerprint density at radius 2 is 1.93 bits per heavy atom. The smallest absolute Gasteiger partial charge is 0.242 e. The fourth-order valence-corrected chi connectivity index (χ4v) is 4.71. The summed E-state index contributed by atoms with van der Waals surface area (Å²) in [6, 6.07) is -0.308. The standard InChI is InChI=1S/C21H33N5O2S/c1-14-22-18-7-5-4-6-17(18)20(23-14)26-11-8-16(9-12-26)25-21(28)19(10-13-29-3)24-15(2)27/h16,19H,4-13H2,1-3H3,(H,24,27)(H,25,28)/t19-/m0/s1. The molecule has 1 saturated heterocycles. The number of fused-ring (bicyclic) bond motifs is 1. The number of piperidine rings is 1. The summed E-state index contributed by atoms with van der Waals surface area (Å²) in [5.74, 6) is 2.57. The Morgan fingerprint density at radius 3 is 2.62 bits per heavy atom. The van der Waals surface area contributed by atoms with Crippen LogP contribution in [0.1, 0.15) is 56.1 Å². The van der Waals surface area contributed by atoms with Crippen LogP contribution in [0.2, 0.25) is 0 Å². The van der Waals surface area contributed by atoms with Gasteiger partial charge in [-0.1, -0.05) is 0 Å². The van der Waals surface area contributed by atoms with E-state index in [9.17, 15) is 9.59 Å². The molecular weight excluding hydrogens is 386 g/mol. The fraction of sp³-hybridized carbons (Fsp3) is 0.714. The summed E-state index contributed by atoms with van der Waals surface area (Å²) in [5.41, 5.74) is 2.55. The highest BCUT2D eigenvalue weighted by Crippen LogP contribution is 2.29. The number of hydrogen-bond donors (Lipinski definition) is 2. The molecule has 1 aliphatic heterocycles. The molecule has 1 aromatic rings. The van der Waals surface area contributed by atoms with Gasteiger partial charge in [0.15, 0.2) is 0 Å². The van der Waals surface area contributed by atoms with Crippen molar-refractivity contribution in [2.45, 2.75) is 70.9 Å². The summed E-state index contributed by atoms with van der Waals surface area (Å²) >= 11 is 1.68. The quantitative estimate of drug-likeness (QED) is 0.703. The lowest BCUT2D eigenvalue weighted by molar-refractivity contribution is -0.128. The van der Waals surface area contributed by atoms with Crippen LogP contribution in [0.15, 0.2) is 0 Å². The lowest BCUT2D eigenvalue weighted by atomic mass is 9.95. The van der Waals surface area contributed by atoms with Crippen molar-refractivity contribution in [2.24, 2.45) is 0 Å². The summed E-state index contributed by atoms with van der Waals surface area (Å²) in [7, 11) is 0. The van der Waals surface area contributed by atoms with Crippen molar-refractivity contribution in [1.82, 2.24) is 20.6 Å². The zero-order valence-corrected chi connectivity index (χ0v) is 18.6. The molecule has 1 aliphatic carbocycles. The van der Waals surface area contributed by atoms with Crippen LogP contribution in [-0.4, -0.2) is 59.0 Å². The van der Waals surface area contributed by atoms with Crippen molar-refractivity contribution in [3.8, 4) is 0 Å². The van der Waals surface area contributed by atoms with E-state index in [0.29, 0.717) is 6.42 Å². The maximum atomic E-state index is 12.7. The molecule has 0 unspecified atom stereocenters. The van der Waals surface area contributed by atoms with E-state index in [-0.39, 0.29) is 17.9 Å². The molecule has 2 heterocycles. The molecule has 8 heteroatoms. The first-order valence-electron chi connectivity index (χ1n) is 10.7. The number of amides is 2. The molecule has 1 aromatic heterocycles. The molecule has 160 valence electrons. The molecule has 0 aromatic carbocycles. The molecular formula is C21H33N5O2S. The second-order valence-corrected chi connectivity index (χ2v) is 9.02. The lowest BCUT2D eigenvalue weighted by Gasteiger charge is -2.35. The van der Waals surface area contributed by atoms with Gasteiger partial charge in [0.05, 0.1) is 0 Å². The first-order valence-corrected chi connectivity index (χ1v) is 12.0. The van der Waals surface area contributed by atoms with E-state index in [1.165, 1.54) is 31.0 Å². The van der Waals surface area contributed by atoms with Gasteiger partial charge in [0, 0.05) is 37.3 Å². The van der Waals surface area contributed by atoms with Gasteiger partial charge in [0.1, 0.15) is 17.7 Å². The van der Waals surface area contributed by atoms with Crippen LogP contribution >= 0.6 is 11.8 Å². The summed E-state index contributed by atoms with van der Waals surface area (Å²) < 4.78 is 0. The summed E-state index contributed by atoms with van der Waals surface area (Å²) in [5, 5.41) is 5.94. The molecule has 2 N–H and O–H groups in total. The number of aromatic nitrogens is 2. The number of anilines is 1. The third-order valence-corrected chi connectivity index (χ3v) is 6.36. The molecule has 0 saturated carbocycles. The van der Waals surface area contributed by atoms with E-state index >= 15 is 0 Å². The summed E-state index contributed by atoms with van der Waals surface area (Å²) in [4.78, 5) is 35.9. The second kappa shape index (κ2) is 10.3. The summed E-state index contributed by atoms with van der Waals surface area (Å²) in [6.07, 6.45) is 8.97. The Morgan fingerprint density at radius 1 is 1.21 bits per heavy atom. The first-order chi connectivity index (χ1) is 14.0. The number of nitrogens with one attached hydrogen (secondary N) is 2. The van der Waals surface area contributed by atoms with Gasteiger partial charge in [0.2, 0.25) is 11.8 Å².